The molecule has 1 saturated heterocycles. The average molecular weight is 282 g/mol. The van der Waals surface area contributed by atoms with Crippen LogP contribution in [0.1, 0.15) is 41.6 Å². The Hall–Kier alpha value is -1.06. The Bertz CT molecular complexity index is 419. The van der Waals surface area contributed by atoms with E-state index in [0.29, 0.717) is 11.4 Å². The number of aliphatic hydroxyl groups excluding tert-OH is 1. The van der Waals surface area contributed by atoms with Crippen molar-refractivity contribution in [3.05, 3.63) is 35.4 Å². The molecule has 0 aliphatic carbocycles. The lowest BCUT2D eigenvalue weighted by molar-refractivity contribution is 0.0600. The van der Waals surface area contributed by atoms with Gasteiger partial charge in [-0.05, 0) is 30.5 Å². The molecule has 1 aromatic carbocycles. The average Bonchev–Trinajstić information content (AvgIpc) is 2.71. The van der Waals surface area contributed by atoms with Gasteiger partial charge in [0.2, 0.25) is 0 Å². The molecule has 1 amide bonds. The normalized spacial score (nSPS) is 20.1. The van der Waals surface area contributed by atoms with Crippen LogP contribution in [-0.4, -0.2) is 35.1 Å². The van der Waals surface area contributed by atoms with E-state index >= 15 is 0 Å². The van der Waals surface area contributed by atoms with Gasteiger partial charge in [0.05, 0.1) is 12.6 Å². The van der Waals surface area contributed by atoms with Crippen LogP contribution in [-0.2, 0) is 5.88 Å². The van der Waals surface area contributed by atoms with Gasteiger partial charge in [0.25, 0.3) is 5.91 Å². The van der Waals surface area contributed by atoms with Gasteiger partial charge in [-0.2, -0.15) is 0 Å². The number of carbonyl (C=O) groups excluding carboxylic acids is 1. The molecule has 1 unspecified atom stereocenters. The molecular formula is C15H20ClNO2. The number of nitrogens with zero attached hydrogens (tertiary/aromatic N) is 1. The first kappa shape index (κ1) is 14.4. The fraction of sp³-hybridized carbons (Fsp3) is 0.533. The van der Waals surface area contributed by atoms with Gasteiger partial charge < -0.3 is 10.0 Å². The van der Waals surface area contributed by atoms with E-state index in [4.69, 9.17) is 11.6 Å². The summed E-state index contributed by atoms with van der Waals surface area (Å²) in [4.78, 5) is 14.3. The molecule has 1 aromatic rings. The number of hydrogen-bond acceptors (Lipinski definition) is 2. The van der Waals surface area contributed by atoms with Crippen LogP contribution in [0.2, 0.25) is 0 Å². The first-order chi connectivity index (χ1) is 9.26. The van der Waals surface area contributed by atoms with Gasteiger partial charge in [-0.25, -0.2) is 0 Å². The molecule has 1 aliphatic heterocycles. The topological polar surface area (TPSA) is 40.5 Å². The molecule has 1 aliphatic rings. The number of rotatable bonds is 3. The van der Waals surface area contributed by atoms with Crippen molar-refractivity contribution >= 4 is 17.5 Å². The van der Waals surface area contributed by atoms with E-state index < -0.39 is 0 Å². The summed E-state index contributed by atoms with van der Waals surface area (Å²) in [6.45, 7) is 0.785. The maximum atomic E-state index is 12.5. The quantitative estimate of drug-likeness (QED) is 0.866. The molecule has 1 fully saturated rings. The minimum absolute atomic E-state index is 0.0158. The third-order valence-corrected chi connectivity index (χ3v) is 4.01. The van der Waals surface area contributed by atoms with Crippen molar-refractivity contribution < 1.29 is 9.90 Å². The van der Waals surface area contributed by atoms with Crippen molar-refractivity contribution in [2.45, 2.75) is 37.6 Å². The lowest BCUT2D eigenvalue weighted by Crippen LogP contribution is -2.42. The monoisotopic (exact) mass is 281 g/mol. The number of aliphatic hydroxyl groups is 1. The molecule has 1 atom stereocenters. The molecule has 2 rings (SSSR count). The van der Waals surface area contributed by atoms with Crippen LogP contribution < -0.4 is 0 Å². The lowest BCUT2D eigenvalue weighted by Gasteiger charge is -2.28. The number of hydrogen-bond donors (Lipinski definition) is 1. The molecule has 0 radical (unpaired) electrons. The Morgan fingerprint density at radius 3 is 2.63 bits per heavy atom. The zero-order valence-electron chi connectivity index (χ0n) is 11.0. The van der Waals surface area contributed by atoms with Gasteiger partial charge in [-0.15, -0.1) is 11.6 Å². The van der Waals surface area contributed by atoms with Crippen LogP contribution >= 0.6 is 11.6 Å². The summed E-state index contributed by atoms with van der Waals surface area (Å²) in [5, 5.41) is 9.45. The molecule has 1 N–H and O–H groups in total. The molecule has 1 heterocycles. The van der Waals surface area contributed by atoms with Crippen molar-refractivity contribution in [3.8, 4) is 0 Å². The first-order valence-electron chi connectivity index (χ1n) is 6.83. The SMILES string of the molecule is O=C(c1ccc(CCl)cc1)N1CCCCCC1CO. The number of alkyl halides is 1. The maximum Gasteiger partial charge on any atom is 0.254 e. The molecule has 0 spiro atoms. The van der Waals surface area contributed by atoms with E-state index in [-0.39, 0.29) is 18.6 Å². The number of benzene rings is 1. The largest absolute Gasteiger partial charge is 0.394 e. The van der Waals surface area contributed by atoms with Gasteiger partial charge in [0.1, 0.15) is 0 Å². The Labute approximate surface area is 119 Å². The summed E-state index contributed by atoms with van der Waals surface area (Å²) in [5.74, 6) is 0.472. The van der Waals surface area contributed by atoms with Gasteiger partial charge in [-0.3, -0.25) is 4.79 Å². The summed E-state index contributed by atoms with van der Waals surface area (Å²) in [5.41, 5.74) is 1.68. The second-order valence-electron chi connectivity index (χ2n) is 5.01. The fourth-order valence-electron chi connectivity index (χ4n) is 2.54. The van der Waals surface area contributed by atoms with E-state index in [9.17, 15) is 9.90 Å². The van der Waals surface area contributed by atoms with Crippen molar-refractivity contribution in [2.24, 2.45) is 0 Å². The Balaban J connectivity index is 2.15. The highest BCUT2D eigenvalue weighted by molar-refractivity contribution is 6.17. The highest BCUT2D eigenvalue weighted by Gasteiger charge is 2.25. The van der Waals surface area contributed by atoms with Crippen LogP contribution in [0, 0.1) is 0 Å². The number of halogens is 1. The minimum atomic E-state index is -0.0392. The molecule has 3 nitrogen and oxygen atoms in total. The third-order valence-electron chi connectivity index (χ3n) is 3.70. The Kier molecular flexibility index (Phi) is 5.23. The van der Waals surface area contributed by atoms with Gasteiger partial charge in [0, 0.05) is 18.0 Å². The summed E-state index contributed by atoms with van der Waals surface area (Å²) < 4.78 is 0. The van der Waals surface area contributed by atoms with Crippen molar-refractivity contribution in [2.75, 3.05) is 13.2 Å². The van der Waals surface area contributed by atoms with Crippen molar-refractivity contribution in [3.63, 3.8) is 0 Å². The van der Waals surface area contributed by atoms with Crippen LogP contribution in [0.5, 0.6) is 0 Å². The standard InChI is InChI=1S/C15H20ClNO2/c16-10-12-5-7-13(8-6-12)15(19)17-9-3-1-2-4-14(17)11-18/h5-8,14,18H,1-4,9-11H2. The molecule has 0 bridgehead atoms. The van der Waals surface area contributed by atoms with Gasteiger partial charge in [-0.1, -0.05) is 25.0 Å². The lowest BCUT2D eigenvalue weighted by atomic mass is 10.1. The van der Waals surface area contributed by atoms with Gasteiger partial charge in [0.15, 0.2) is 0 Å². The predicted molar refractivity (Wildman–Crippen MR) is 76.4 cm³/mol. The zero-order valence-corrected chi connectivity index (χ0v) is 11.8. The second kappa shape index (κ2) is 6.92. The summed E-state index contributed by atoms with van der Waals surface area (Å²) >= 11 is 5.75. The highest BCUT2D eigenvalue weighted by Crippen LogP contribution is 2.19. The summed E-state index contributed by atoms with van der Waals surface area (Å²) in [6.07, 6.45) is 4.12. The summed E-state index contributed by atoms with van der Waals surface area (Å²) in [6, 6.07) is 7.36. The minimum Gasteiger partial charge on any atom is -0.394 e. The van der Waals surface area contributed by atoms with Crippen molar-refractivity contribution in [1.29, 1.82) is 0 Å². The van der Waals surface area contributed by atoms with E-state index in [1.54, 1.807) is 0 Å². The van der Waals surface area contributed by atoms with Crippen LogP contribution in [0.4, 0.5) is 0 Å². The van der Waals surface area contributed by atoms with E-state index in [1.807, 2.05) is 29.2 Å². The number of amides is 1. The van der Waals surface area contributed by atoms with Crippen LogP contribution in [0.3, 0.4) is 0 Å². The first-order valence-corrected chi connectivity index (χ1v) is 7.36. The maximum absolute atomic E-state index is 12.5. The van der Waals surface area contributed by atoms with E-state index in [0.717, 1.165) is 37.8 Å². The van der Waals surface area contributed by atoms with Gasteiger partial charge >= 0.3 is 0 Å². The molecular weight excluding hydrogens is 262 g/mol. The Morgan fingerprint density at radius 2 is 2.00 bits per heavy atom. The predicted octanol–water partition coefficient (Wildman–Crippen LogP) is 2.80. The fourth-order valence-corrected chi connectivity index (χ4v) is 2.71. The number of carbonyl (C=O) groups is 1. The van der Waals surface area contributed by atoms with Crippen LogP contribution in [0.25, 0.3) is 0 Å². The van der Waals surface area contributed by atoms with E-state index in [2.05, 4.69) is 0 Å². The molecule has 0 aromatic heterocycles. The third kappa shape index (κ3) is 3.48. The second-order valence-corrected chi connectivity index (χ2v) is 5.28. The molecule has 0 saturated carbocycles. The smallest absolute Gasteiger partial charge is 0.254 e. The Morgan fingerprint density at radius 1 is 1.26 bits per heavy atom. The molecule has 4 heteroatoms. The summed E-state index contributed by atoms with van der Waals surface area (Å²) in [7, 11) is 0. The molecule has 19 heavy (non-hydrogen) atoms. The molecule has 104 valence electrons. The zero-order chi connectivity index (χ0) is 13.7. The van der Waals surface area contributed by atoms with Crippen molar-refractivity contribution in [1.82, 2.24) is 4.90 Å². The van der Waals surface area contributed by atoms with E-state index in [1.165, 1.54) is 0 Å². The van der Waals surface area contributed by atoms with Crippen LogP contribution in [0.15, 0.2) is 24.3 Å². The highest BCUT2D eigenvalue weighted by atomic mass is 35.5. The number of likely N-dealkylation sites (tertiary alicyclic amines) is 1.